The molecule has 0 radical (unpaired) electrons. The second kappa shape index (κ2) is 6.24. The number of anilines is 1. The van der Waals surface area contributed by atoms with E-state index >= 15 is 0 Å². The van der Waals surface area contributed by atoms with E-state index in [9.17, 15) is 13.2 Å². The highest BCUT2D eigenvalue weighted by Gasteiger charge is 2.24. The van der Waals surface area contributed by atoms with Crippen LogP contribution in [-0.4, -0.2) is 21.2 Å². The monoisotopic (exact) mass is 352 g/mol. The number of hydrogen-bond donors (Lipinski definition) is 1. The van der Waals surface area contributed by atoms with Crippen molar-refractivity contribution in [2.24, 2.45) is 0 Å². The lowest BCUT2D eigenvalue weighted by Crippen LogP contribution is -2.13. The molecule has 0 unspecified atom stereocenters. The fourth-order valence-electron chi connectivity index (χ4n) is 2.42. The minimum absolute atomic E-state index is 0.0200. The van der Waals surface area contributed by atoms with E-state index in [2.05, 4.69) is 20.5 Å². The minimum atomic E-state index is -1.08. The van der Waals surface area contributed by atoms with Crippen molar-refractivity contribution in [3.05, 3.63) is 47.0 Å². The number of aromatic nitrogens is 3. The molecule has 0 spiro atoms. The van der Waals surface area contributed by atoms with Gasteiger partial charge in [-0.25, -0.2) is 18.2 Å². The zero-order chi connectivity index (χ0) is 17.4. The molecule has 0 fully saturated rings. The van der Waals surface area contributed by atoms with Crippen LogP contribution in [0, 0.1) is 17.5 Å². The van der Waals surface area contributed by atoms with Gasteiger partial charge in [0.1, 0.15) is 28.1 Å². The van der Waals surface area contributed by atoms with Gasteiger partial charge in [0.15, 0.2) is 0 Å². The predicted molar refractivity (Wildman–Crippen MR) is 86.4 cm³/mol. The van der Waals surface area contributed by atoms with E-state index < -0.39 is 23.0 Å². The minimum Gasteiger partial charge on any atom is -0.380 e. The van der Waals surface area contributed by atoms with Crippen LogP contribution in [0.25, 0.3) is 22.2 Å². The Morgan fingerprint density at radius 3 is 2.38 bits per heavy atom. The van der Waals surface area contributed by atoms with Crippen molar-refractivity contribution < 1.29 is 13.2 Å². The average Bonchev–Trinajstić information content (AvgIpc) is 2.48. The first-order chi connectivity index (χ1) is 11.4. The Labute approximate surface area is 140 Å². The Bertz CT molecular complexity index is 908. The van der Waals surface area contributed by atoms with E-state index in [0.29, 0.717) is 23.2 Å². The molecule has 3 aromatic rings. The maximum Gasteiger partial charge on any atom is 0.140 e. The summed E-state index contributed by atoms with van der Waals surface area (Å²) in [7, 11) is 0. The first kappa shape index (κ1) is 16.4. The van der Waals surface area contributed by atoms with Gasteiger partial charge in [-0.1, -0.05) is 11.6 Å². The van der Waals surface area contributed by atoms with Gasteiger partial charge in [-0.15, -0.1) is 5.10 Å². The Morgan fingerprint density at radius 2 is 1.75 bits per heavy atom. The summed E-state index contributed by atoms with van der Waals surface area (Å²) in [5, 5.41) is 10.7. The maximum absolute atomic E-state index is 14.3. The highest BCUT2D eigenvalue weighted by atomic mass is 35.5. The van der Waals surface area contributed by atoms with Crippen molar-refractivity contribution in [2.45, 2.75) is 19.9 Å². The van der Waals surface area contributed by atoms with Crippen LogP contribution in [0.4, 0.5) is 18.9 Å². The SMILES string of the molecule is CC(C)Nc1c(-c2c(F)cc(F)cc2F)c(Cl)nc2ccnnc12. The fourth-order valence-corrected chi connectivity index (χ4v) is 2.70. The van der Waals surface area contributed by atoms with E-state index in [1.807, 2.05) is 13.8 Å². The number of hydrogen-bond acceptors (Lipinski definition) is 4. The van der Waals surface area contributed by atoms with Crippen molar-refractivity contribution >= 4 is 28.3 Å². The van der Waals surface area contributed by atoms with Crippen molar-refractivity contribution in [3.63, 3.8) is 0 Å². The lowest BCUT2D eigenvalue weighted by molar-refractivity contribution is 0.548. The van der Waals surface area contributed by atoms with E-state index in [1.165, 1.54) is 6.20 Å². The quantitative estimate of drug-likeness (QED) is 0.701. The van der Waals surface area contributed by atoms with Crippen LogP contribution >= 0.6 is 11.6 Å². The molecule has 0 aliphatic heterocycles. The number of benzene rings is 1. The second-order valence-electron chi connectivity index (χ2n) is 5.46. The molecule has 2 aromatic heterocycles. The molecule has 3 rings (SSSR count). The van der Waals surface area contributed by atoms with Crippen LogP contribution in [0.2, 0.25) is 5.15 Å². The Hall–Kier alpha value is -2.41. The van der Waals surface area contributed by atoms with Gasteiger partial charge < -0.3 is 5.32 Å². The molecular formula is C16H12ClF3N4. The highest BCUT2D eigenvalue weighted by molar-refractivity contribution is 6.33. The molecular weight excluding hydrogens is 341 g/mol. The summed E-state index contributed by atoms with van der Waals surface area (Å²) in [6.07, 6.45) is 1.43. The van der Waals surface area contributed by atoms with Gasteiger partial charge in [0.2, 0.25) is 0 Å². The number of nitrogens with one attached hydrogen (secondary N) is 1. The van der Waals surface area contributed by atoms with E-state index in [4.69, 9.17) is 11.6 Å². The second-order valence-corrected chi connectivity index (χ2v) is 5.82. The zero-order valence-corrected chi connectivity index (χ0v) is 13.5. The average molecular weight is 353 g/mol. The molecule has 2 heterocycles. The summed E-state index contributed by atoms with van der Waals surface area (Å²) >= 11 is 6.18. The van der Waals surface area contributed by atoms with Crippen molar-refractivity contribution in [2.75, 3.05) is 5.32 Å². The number of halogens is 4. The summed E-state index contributed by atoms with van der Waals surface area (Å²) in [6.45, 7) is 3.69. The molecule has 0 aliphatic carbocycles. The number of pyridine rings is 1. The lowest BCUT2D eigenvalue weighted by Gasteiger charge is -2.18. The molecule has 124 valence electrons. The molecule has 4 nitrogen and oxygen atoms in total. The van der Waals surface area contributed by atoms with Gasteiger partial charge in [-0.3, -0.25) is 0 Å². The normalized spacial score (nSPS) is 11.3. The summed E-state index contributed by atoms with van der Waals surface area (Å²) in [5.74, 6) is -3.17. The third-order valence-electron chi connectivity index (χ3n) is 3.30. The van der Waals surface area contributed by atoms with Crippen molar-refractivity contribution in [1.82, 2.24) is 15.2 Å². The van der Waals surface area contributed by atoms with Crippen LogP contribution < -0.4 is 5.32 Å². The standard InChI is InChI=1S/C16H12ClF3N4/c1-7(2)22-15-13(12-9(19)5-8(18)6-10(12)20)16(17)23-11-3-4-21-24-14(11)15/h3-7H,1-2H3,(H,22,23). The summed E-state index contributed by atoms with van der Waals surface area (Å²) < 4.78 is 41.8. The van der Waals surface area contributed by atoms with Gasteiger partial charge in [-0.05, 0) is 19.9 Å². The largest absolute Gasteiger partial charge is 0.380 e. The van der Waals surface area contributed by atoms with Crippen LogP contribution in [0.3, 0.4) is 0 Å². The molecule has 1 aromatic carbocycles. The molecule has 8 heteroatoms. The maximum atomic E-state index is 14.3. The molecule has 1 N–H and O–H groups in total. The first-order valence-electron chi connectivity index (χ1n) is 7.11. The summed E-state index contributed by atoms with van der Waals surface area (Å²) in [6, 6.07) is 2.68. The smallest absolute Gasteiger partial charge is 0.140 e. The van der Waals surface area contributed by atoms with Crippen LogP contribution in [0.15, 0.2) is 24.4 Å². The van der Waals surface area contributed by atoms with Crippen molar-refractivity contribution in [3.8, 4) is 11.1 Å². The lowest BCUT2D eigenvalue weighted by atomic mass is 10.0. The van der Waals surface area contributed by atoms with Crippen LogP contribution in [0.1, 0.15) is 13.8 Å². The third-order valence-corrected chi connectivity index (χ3v) is 3.57. The van der Waals surface area contributed by atoms with Gasteiger partial charge in [0.05, 0.1) is 28.5 Å². The Balaban J connectivity index is 2.41. The number of nitrogens with zero attached hydrogens (tertiary/aromatic N) is 3. The first-order valence-corrected chi connectivity index (χ1v) is 7.48. The van der Waals surface area contributed by atoms with E-state index in [0.717, 1.165) is 0 Å². The predicted octanol–water partition coefficient (Wildman–Crippen LogP) is 4.58. The molecule has 0 atom stereocenters. The van der Waals surface area contributed by atoms with Crippen molar-refractivity contribution in [1.29, 1.82) is 0 Å². The van der Waals surface area contributed by atoms with Gasteiger partial charge in [0.25, 0.3) is 0 Å². The molecule has 0 bridgehead atoms. The van der Waals surface area contributed by atoms with Gasteiger partial charge >= 0.3 is 0 Å². The van der Waals surface area contributed by atoms with Crippen LogP contribution in [0.5, 0.6) is 0 Å². The Kier molecular flexibility index (Phi) is 4.28. The van der Waals surface area contributed by atoms with Gasteiger partial charge in [-0.2, -0.15) is 5.10 Å². The van der Waals surface area contributed by atoms with Crippen LogP contribution in [-0.2, 0) is 0 Å². The topological polar surface area (TPSA) is 50.7 Å². The van der Waals surface area contributed by atoms with E-state index in [-0.39, 0.29) is 22.4 Å². The fraction of sp³-hybridized carbons (Fsp3) is 0.188. The number of fused-ring (bicyclic) bond motifs is 1. The van der Waals surface area contributed by atoms with E-state index in [1.54, 1.807) is 6.07 Å². The molecule has 0 amide bonds. The van der Waals surface area contributed by atoms with Gasteiger partial charge in [0, 0.05) is 18.2 Å². The summed E-state index contributed by atoms with van der Waals surface area (Å²) in [4.78, 5) is 4.12. The summed E-state index contributed by atoms with van der Waals surface area (Å²) in [5.41, 5.74) is 0.536. The highest BCUT2D eigenvalue weighted by Crippen LogP contribution is 2.40. The third kappa shape index (κ3) is 2.87. The molecule has 0 saturated heterocycles. The molecule has 0 aliphatic rings. The molecule has 0 saturated carbocycles. The zero-order valence-electron chi connectivity index (χ0n) is 12.7. The number of rotatable bonds is 3. The Morgan fingerprint density at radius 1 is 1.08 bits per heavy atom. The molecule has 24 heavy (non-hydrogen) atoms.